The molecule has 1 aromatic rings. The molecule has 172 valence electrons. The van der Waals surface area contributed by atoms with E-state index in [4.69, 9.17) is 21.1 Å². The molecule has 7 nitrogen and oxygen atoms in total. The maximum absolute atomic E-state index is 11.9. The number of alkyl halides is 1. The lowest BCUT2D eigenvalue weighted by atomic mass is 10.0. The summed E-state index contributed by atoms with van der Waals surface area (Å²) in [5, 5.41) is 9.30. The van der Waals surface area contributed by atoms with E-state index in [1.165, 1.54) is 5.56 Å². The minimum atomic E-state index is -0.0507. The number of hydrogen-bond donors (Lipinski definition) is 3. The summed E-state index contributed by atoms with van der Waals surface area (Å²) >= 11 is 7.64. The lowest BCUT2D eigenvalue weighted by Gasteiger charge is -2.16. The van der Waals surface area contributed by atoms with Crippen LogP contribution in [-0.2, 0) is 16.0 Å². The van der Waals surface area contributed by atoms with Gasteiger partial charge in [0.15, 0.2) is 0 Å². The summed E-state index contributed by atoms with van der Waals surface area (Å²) in [6, 6.07) is 8.35. The molecule has 2 fully saturated rings. The van der Waals surface area contributed by atoms with Crippen LogP contribution in [0.2, 0.25) is 0 Å². The van der Waals surface area contributed by atoms with Gasteiger partial charge in [-0.3, -0.25) is 4.79 Å². The van der Waals surface area contributed by atoms with Gasteiger partial charge in [0.1, 0.15) is 12.4 Å². The predicted octanol–water partition coefficient (Wildman–Crippen LogP) is 2.71. The van der Waals surface area contributed by atoms with E-state index in [2.05, 4.69) is 16.0 Å². The van der Waals surface area contributed by atoms with E-state index in [1.807, 2.05) is 36.0 Å². The van der Waals surface area contributed by atoms with Gasteiger partial charge in [-0.05, 0) is 37.0 Å². The fourth-order valence-electron chi connectivity index (χ4n) is 3.81. The van der Waals surface area contributed by atoms with Crippen molar-refractivity contribution < 1.29 is 19.1 Å². The van der Waals surface area contributed by atoms with Crippen LogP contribution in [0.3, 0.4) is 0 Å². The van der Waals surface area contributed by atoms with Crippen LogP contribution in [-0.4, -0.2) is 67.3 Å². The van der Waals surface area contributed by atoms with Crippen LogP contribution < -0.4 is 20.7 Å². The number of amides is 3. The number of benzene rings is 1. The second-order valence-corrected chi connectivity index (χ2v) is 9.41. The SMILES string of the molecule is O=C(CCCCC1SC[C@@H]2NC(=O)N[C@H]12)NCCOCCOc1ccc(CCCl)cc1. The molecule has 0 bridgehead atoms. The second-order valence-electron chi connectivity index (χ2n) is 7.76. The summed E-state index contributed by atoms with van der Waals surface area (Å²) in [6.45, 7) is 1.93. The van der Waals surface area contributed by atoms with Crippen LogP contribution in [0.15, 0.2) is 24.3 Å². The zero-order valence-electron chi connectivity index (χ0n) is 17.7. The van der Waals surface area contributed by atoms with Crippen LogP contribution in [0.5, 0.6) is 5.75 Å². The number of aryl methyl sites for hydroxylation is 1. The van der Waals surface area contributed by atoms with Crippen molar-refractivity contribution in [3.8, 4) is 5.75 Å². The quantitative estimate of drug-likeness (QED) is 0.221. The van der Waals surface area contributed by atoms with Gasteiger partial charge in [-0.15, -0.1) is 11.6 Å². The van der Waals surface area contributed by atoms with E-state index in [0.29, 0.717) is 43.9 Å². The Kier molecular flexibility index (Phi) is 10.1. The van der Waals surface area contributed by atoms with Crippen LogP contribution in [0.1, 0.15) is 31.2 Å². The molecule has 1 unspecified atom stereocenters. The van der Waals surface area contributed by atoms with Crippen molar-refractivity contribution in [2.45, 2.75) is 49.4 Å². The first-order chi connectivity index (χ1) is 15.2. The standard InChI is InChI=1S/C22H32ClN3O4S/c23-10-9-16-5-7-17(8-6-16)30-14-13-29-12-11-24-20(27)4-2-1-3-19-21-18(15-31-19)25-22(28)26-21/h5-8,18-19,21H,1-4,9-15H2,(H,24,27)(H2,25,26,28)/t18-,19?,21-/m0/s1. The summed E-state index contributed by atoms with van der Waals surface area (Å²) in [5.41, 5.74) is 1.19. The van der Waals surface area contributed by atoms with Crippen LogP contribution >= 0.6 is 23.4 Å². The molecular weight excluding hydrogens is 438 g/mol. The summed E-state index contributed by atoms with van der Waals surface area (Å²) < 4.78 is 11.1. The number of fused-ring (bicyclic) bond motifs is 1. The number of unbranched alkanes of at least 4 members (excludes halogenated alkanes) is 1. The van der Waals surface area contributed by atoms with Crippen LogP contribution in [0.4, 0.5) is 4.79 Å². The summed E-state index contributed by atoms with van der Waals surface area (Å²) in [6.07, 6.45) is 4.26. The number of urea groups is 1. The minimum Gasteiger partial charge on any atom is -0.491 e. The number of carbonyl (C=O) groups excluding carboxylic acids is 2. The van der Waals surface area contributed by atoms with E-state index in [0.717, 1.165) is 37.2 Å². The van der Waals surface area contributed by atoms with E-state index < -0.39 is 0 Å². The summed E-state index contributed by atoms with van der Waals surface area (Å²) in [4.78, 5) is 23.3. The molecule has 2 saturated heterocycles. The van der Waals surface area contributed by atoms with Crippen molar-refractivity contribution in [2.75, 3.05) is 38.0 Å². The zero-order chi connectivity index (χ0) is 21.9. The highest BCUT2D eigenvalue weighted by molar-refractivity contribution is 8.00. The first-order valence-electron chi connectivity index (χ1n) is 11.0. The fourth-order valence-corrected chi connectivity index (χ4v) is 5.57. The molecule has 3 amide bonds. The molecule has 0 saturated carbocycles. The summed E-state index contributed by atoms with van der Waals surface area (Å²) in [7, 11) is 0. The number of rotatable bonds is 14. The smallest absolute Gasteiger partial charge is 0.315 e. The number of ether oxygens (including phenoxy) is 2. The highest BCUT2D eigenvalue weighted by Gasteiger charge is 2.42. The van der Waals surface area contributed by atoms with Crippen molar-refractivity contribution >= 4 is 35.3 Å². The molecule has 0 aromatic heterocycles. The Labute approximate surface area is 193 Å². The van der Waals surface area contributed by atoms with Crippen molar-refractivity contribution in [2.24, 2.45) is 0 Å². The Hall–Kier alpha value is -1.64. The molecule has 0 aliphatic carbocycles. The Bertz CT molecular complexity index is 707. The Morgan fingerprint density at radius 3 is 2.81 bits per heavy atom. The highest BCUT2D eigenvalue weighted by atomic mass is 35.5. The maximum atomic E-state index is 11.9. The number of nitrogens with one attached hydrogen (secondary N) is 3. The van der Waals surface area contributed by atoms with Crippen molar-refractivity contribution in [3.63, 3.8) is 0 Å². The van der Waals surface area contributed by atoms with Crippen molar-refractivity contribution in [1.29, 1.82) is 0 Å². The molecule has 2 aliphatic heterocycles. The Balaban J connectivity index is 1.14. The second kappa shape index (κ2) is 13.0. The van der Waals surface area contributed by atoms with Gasteiger partial charge in [0.2, 0.25) is 5.91 Å². The summed E-state index contributed by atoms with van der Waals surface area (Å²) in [5.74, 6) is 2.46. The number of hydrogen-bond acceptors (Lipinski definition) is 5. The molecule has 3 rings (SSSR count). The van der Waals surface area contributed by atoms with Gasteiger partial charge in [-0.1, -0.05) is 18.6 Å². The highest BCUT2D eigenvalue weighted by Crippen LogP contribution is 2.33. The average Bonchev–Trinajstić information content (AvgIpc) is 3.31. The maximum Gasteiger partial charge on any atom is 0.315 e. The van der Waals surface area contributed by atoms with Gasteiger partial charge in [-0.2, -0.15) is 11.8 Å². The van der Waals surface area contributed by atoms with Crippen molar-refractivity contribution in [1.82, 2.24) is 16.0 Å². The van der Waals surface area contributed by atoms with E-state index in [-0.39, 0.29) is 24.0 Å². The lowest BCUT2D eigenvalue weighted by molar-refractivity contribution is -0.121. The molecule has 0 radical (unpaired) electrons. The topological polar surface area (TPSA) is 88.7 Å². The predicted molar refractivity (Wildman–Crippen MR) is 124 cm³/mol. The first kappa shape index (κ1) is 24.0. The Morgan fingerprint density at radius 1 is 1.16 bits per heavy atom. The molecule has 3 atom stereocenters. The number of halogens is 1. The van der Waals surface area contributed by atoms with Gasteiger partial charge >= 0.3 is 6.03 Å². The van der Waals surface area contributed by atoms with Gasteiger partial charge in [0, 0.05) is 29.8 Å². The van der Waals surface area contributed by atoms with Gasteiger partial charge in [0.05, 0.1) is 25.3 Å². The monoisotopic (exact) mass is 469 g/mol. The molecule has 31 heavy (non-hydrogen) atoms. The molecule has 1 aromatic carbocycles. The molecule has 2 heterocycles. The minimum absolute atomic E-state index is 0.0507. The Morgan fingerprint density at radius 2 is 2.00 bits per heavy atom. The normalized spacial score (nSPS) is 22.0. The third kappa shape index (κ3) is 8.09. The molecule has 9 heteroatoms. The number of carbonyl (C=O) groups is 2. The molecule has 0 spiro atoms. The van der Waals surface area contributed by atoms with E-state index in [9.17, 15) is 9.59 Å². The first-order valence-corrected chi connectivity index (χ1v) is 12.5. The zero-order valence-corrected chi connectivity index (χ0v) is 19.3. The van der Waals surface area contributed by atoms with Gasteiger partial charge < -0.3 is 25.4 Å². The van der Waals surface area contributed by atoms with Gasteiger partial charge in [0.25, 0.3) is 0 Å². The van der Waals surface area contributed by atoms with E-state index in [1.54, 1.807) is 0 Å². The number of thioether (sulfide) groups is 1. The van der Waals surface area contributed by atoms with Gasteiger partial charge in [-0.25, -0.2) is 4.79 Å². The fraction of sp³-hybridized carbons (Fsp3) is 0.636. The molecular formula is C22H32ClN3O4S. The van der Waals surface area contributed by atoms with Crippen LogP contribution in [0.25, 0.3) is 0 Å². The third-order valence-corrected chi connectivity index (χ3v) is 7.15. The van der Waals surface area contributed by atoms with Crippen LogP contribution in [0, 0.1) is 0 Å². The lowest BCUT2D eigenvalue weighted by Crippen LogP contribution is -2.36. The third-order valence-electron chi connectivity index (χ3n) is 5.45. The van der Waals surface area contributed by atoms with E-state index >= 15 is 0 Å². The molecule has 2 aliphatic rings. The average molecular weight is 470 g/mol. The molecule has 3 N–H and O–H groups in total. The van der Waals surface area contributed by atoms with Crippen molar-refractivity contribution in [3.05, 3.63) is 29.8 Å². The largest absolute Gasteiger partial charge is 0.491 e.